The lowest BCUT2D eigenvalue weighted by atomic mass is 9.89. The fourth-order valence-electron chi connectivity index (χ4n) is 2.04. The van der Waals surface area contributed by atoms with Gasteiger partial charge in [-0.15, -0.1) is 0 Å². The third-order valence-corrected chi connectivity index (χ3v) is 4.52. The lowest BCUT2D eigenvalue weighted by Crippen LogP contribution is -2.38. The zero-order chi connectivity index (χ0) is 12.4. The van der Waals surface area contributed by atoms with Crippen LogP contribution in [0, 0.1) is 11.8 Å². The molecule has 1 aromatic rings. The Morgan fingerprint density at radius 2 is 2.29 bits per heavy atom. The second-order valence-corrected chi connectivity index (χ2v) is 5.70. The van der Waals surface area contributed by atoms with Gasteiger partial charge in [0.2, 0.25) is 0 Å². The van der Waals surface area contributed by atoms with Crippen molar-refractivity contribution in [1.29, 1.82) is 0 Å². The summed E-state index contributed by atoms with van der Waals surface area (Å²) < 4.78 is 4.69. The van der Waals surface area contributed by atoms with Gasteiger partial charge in [-0.1, -0.05) is 25.2 Å². The van der Waals surface area contributed by atoms with Crippen LogP contribution in [0.2, 0.25) is 0 Å². The van der Waals surface area contributed by atoms with Gasteiger partial charge in [0.1, 0.15) is 4.88 Å². The molecule has 0 N–H and O–H groups in total. The van der Waals surface area contributed by atoms with E-state index in [4.69, 9.17) is 0 Å². The largest absolute Gasteiger partial charge is 0.465 e. The molecule has 0 saturated carbocycles. The standard InChI is InChI=1S/C12H18N2O2S/c1-8-4-5-14(7-9(8)2)12-13-6-10(17-12)11(15)16-3/h6,8-9H,4-5,7H2,1-3H3. The van der Waals surface area contributed by atoms with Crippen LogP contribution in [0.3, 0.4) is 0 Å². The normalized spacial score (nSPS) is 24.8. The monoisotopic (exact) mass is 254 g/mol. The molecule has 2 atom stereocenters. The summed E-state index contributed by atoms with van der Waals surface area (Å²) in [7, 11) is 1.40. The summed E-state index contributed by atoms with van der Waals surface area (Å²) >= 11 is 1.42. The highest BCUT2D eigenvalue weighted by Gasteiger charge is 2.25. The average Bonchev–Trinajstić information content (AvgIpc) is 2.81. The molecule has 0 aliphatic carbocycles. The number of piperidine rings is 1. The Morgan fingerprint density at radius 3 is 2.94 bits per heavy atom. The molecule has 1 aliphatic heterocycles. The van der Waals surface area contributed by atoms with Crippen molar-refractivity contribution in [3.05, 3.63) is 11.1 Å². The van der Waals surface area contributed by atoms with Gasteiger partial charge in [0.25, 0.3) is 0 Å². The first-order chi connectivity index (χ1) is 8.11. The van der Waals surface area contributed by atoms with Crippen molar-refractivity contribution in [3.8, 4) is 0 Å². The van der Waals surface area contributed by atoms with E-state index in [-0.39, 0.29) is 5.97 Å². The van der Waals surface area contributed by atoms with Crippen LogP contribution in [0.25, 0.3) is 0 Å². The molecule has 17 heavy (non-hydrogen) atoms. The Kier molecular flexibility index (Phi) is 3.66. The van der Waals surface area contributed by atoms with Crippen LogP contribution in [0.15, 0.2) is 6.20 Å². The summed E-state index contributed by atoms with van der Waals surface area (Å²) in [4.78, 5) is 18.5. The van der Waals surface area contributed by atoms with Crippen LogP contribution in [0.1, 0.15) is 29.9 Å². The van der Waals surface area contributed by atoms with E-state index in [0.717, 1.165) is 24.1 Å². The zero-order valence-corrected chi connectivity index (χ0v) is 11.3. The minimum absolute atomic E-state index is 0.299. The Hall–Kier alpha value is -1.10. The first-order valence-electron chi connectivity index (χ1n) is 5.91. The quantitative estimate of drug-likeness (QED) is 0.760. The van der Waals surface area contributed by atoms with Crippen molar-refractivity contribution in [1.82, 2.24) is 4.98 Å². The number of hydrogen-bond acceptors (Lipinski definition) is 5. The van der Waals surface area contributed by atoms with E-state index in [9.17, 15) is 4.79 Å². The average molecular weight is 254 g/mol. The predicted molar refractivity (Wildman–Crippen MR) is 68.6 cm³/mol. The highest BCUT2D eigenvalue weighted by Crippen LogP contribution is 2.29. The molecular weight excluding hydrogens is 236 g/mol. The molecule has 0 radical (unpaired) electrons. The number of thiazole rings is 1. The van der Waals surface area contributed by atoms with Crippen molar-refractivity contribution in [2.45, 2.75) is 20.3 Å². The highest BCUT2D eigenvalue weighted by molar-refractivity contribution is 7.17. The van der Waals surface area contributed by atoms with E-state index < -0.39 is 0 Å². The van der Waals surface area contributed by atoms with Crippen LogP contribution in [-0.2, 0) is 4.74 Å². The van der Waals surface area contributed by atoms with E-state index in [1.807, 2.05) is 0 Å². The summed E-state index contributed by atoms with van der Waals surface area (Å²) in [6, 6.07) is 0. The van der Waals surface area contributed by atoms with E-state index in [1.165, 1.54) is 24.9 Å². The number of carbonyl (C=O) groups is 1. The molecule has 0 amide bonds. The maximum Gasteiger partial charge on any atom is 0.349 e. The van der Waals surface area contributed by atoms with Gasteiger partial charge < -0.3 is 9.64 Å². The third-order valence-electron chi connectivity index (χ3n) is 3.48. The van der Waals surface area contributed by atoms with Crippen molar-refractivity contribution < 1.29 is 9.53 Å². The van der Waals surface area contributed by atoms with Gasteiger partial charge in [-0.25, -0.2) is 9.78 Å². The number of methoxy groups -OCH3 is 1. The van der Waals surface area contributed by atoms with Crippen LogP contribution >= 0.6 is 11.3 Å². The molecule has 2 rings (SSSR count). The van der Waals surface area contributed by atoms with E-state index in [0.29, 0.717) is 10.8 Å². The van der Waals surface area contributed by atoms with E-state index in [1.54, 1.807) is 6.20 Å². The van der Waals surface area contributed by atoms with Crippen molar-refractivity contribution in [3.63, 3.8) is 0 Å². The molecule has 0 bridgehead atoms. The lowest BCUT2D eigenvalue weighted by molar-refractivity contribution is 0.0606. The molecule has 0 spiro atoms. The molecule has 4 nitrogen and oxygen atoms in total. The topological polar surface area (TPSA) is 42.4 Å². The van der Waals surface area contributed by atoms with Crippen LogP contribution in [0.5, 0.6) is 0 Å². The molecule has 1 aromatic heterocycles. The minimum Gasteiger partial charge on any atom is -0.465 e. The minimum atomic E-state index is -0.299. The molecule has 1 saturated heterocycles. The number of rotatable bonds is 2. The van der Waals surface area contributed by atoms with Crippen LogP contribution in [0.4, 0.5) is 5.13 Å². The number of carbonyl (C=O) groups excluding carboxylic acids is 1. The summed E-state index contributed by atoms with van der Waals surface area (Å²) in [5.41, 5.74) is 0. The molecule has 2 heterocycles. The van der Waals surface area contributed by atoms with E-state index >= 15 is 0 Å². The number of anilines is 1. The van der Waals surface area contributed by atoms with Crippen LogP contribution in [-0.4, -0.2) is 31.2 Å². The van der Waals surface area contributed by atoms with Crippen LogP contribution < -0.4 is 4.90 Å². The van der Waals surface area contributed by atoms with Crippen molar-refractivity contribution in [2.24, 2.45) is 11.8 Å². The molecule has 1 fully saturated rings. The first-order valence-corrected chi connectivity index (χ1v) is 6.72. The van der Waals surface area contributed by atoms with Crippen molar-refractivity contribution in [2.75, 3.05) is 25.1 Å². The zero-order valence-electron chi connectivity index (χ0n) is 10.5. The second kappa shape index (κ2) is 5.04. The smallest absolute Gasteiger partial charge is 0.349 e. The molecule has 5 heteroatoms. The van der Waals surface area contributed by atoms with Gasteiger partial charge in [0.05, 0.1) is 13.3 Å². The van der Waals surface area contributed by atoms with Gasteiger partial charge in [-0.05, 0) is 18.3 Å². The Bertz CT molecular complexity index is 405. The molecule has 1 aliphatic rings. The van der Waals surface area contributed by atoms with Gasteiger partial charge in [0.15, 0.2) is 5.13 Å². The van der Waals surface area contributed by atoms with Crippen molar-refractivity contribution >= 4 is 22.4 Å². The third kappa shape index (κ3) is 2.60. The van der Waals surface area contributed by atoms with Gasteiger partial charge in [0, 0.05) is 13.1 Å². The molecule has 2 unspecified atom stereocenters. The number of ether oxygens (including phenoxy) is 1. The Labute approximate surface area is 106 Å². The summed E-state index contributed by atoms with van der Waals surface area (Å²) in [5, 5.41) is 0.934. The molecule has 94 valence electrons. The first kappa shape index (κ1) is 12.4. The SMILES string of the molecule is COC(=O)c1cnc(N2CCC(C)C(C)C2)s1. The fourth-order valence-corrected chi connectivity index (χ4v) is 2.91. The number of esters is 1. The Balaban J connectivity index is 2.08. The Morgan fingerprint density at radius 1 is 1.53 bits per heavy atom. The molecular formula is C12H18N2O2S. The number of hydrogen-bond donors (Lipinski definition) is 0. The van der Waals surface area contributed by atoms with Gasteiger partial charge >= 0.3 is 5.97 Å². The maximum absolute atomic E-state index is 11.4. The number of nitrogens with zero attached hydrogens (tertiary/aromatic N) is 2. The van der Waals surface area contributed by atoms with E-state index in [2.05, 4.69) is 28.5 Å². The van der Waals surface area contributed by atoms with Gasteiger partial charge in [-0.2, -0.15) is 0 Å². The number of aromatic nitrogens is 1. The van der Waals surface area contributed by atoms with Gasteiger partial charge in [-0.3, -0.25) is 0 Å². The summed E-state index contributed by atoms with van der Waals surface area (Å²) in [5.74, 6) is 1.15. The maximum atomic E-state index is 11.4. The predicted octanol–water partition coefficient (Wildman–Crippen LogP) is 2.41. The fraction of sp³-hybridized carbons (Fsp3) is 0.667. The summed E-state index contributed by atoms with van der Waals surface area (Å²) in [6.07, 6.45) is 2.79. The lowest BCUT2D eigenvalue weighted by Gasteiger charge is -2.35. The summed E-state index contributed by atoms with van der Waals surface area (Å²) in [6.45, 7) is 6.62. The molecule has 0 aromatic carbocycles. The highest BCUT2D eigenvalue weighted by atomic mass is 32.1. The second-order valence-electron chi connectivity index (χ2n) is 4.69.